The molecule has 1 amide bonds. The normalized spacial score (nSPS) is 16.6. The summed E-state index contributed by atoms with van der Waals surface area (Å²) in [7, 11) is 0. The summed E-state index contributed by atoms with van der Waals surface area (Å²) in [6.07, 6.45) is 2.38. The molecule has 1 N–H and O–H groups in total. The van der Waals surface area contributed by atoms with Gasteiger partial charge in [0.15, 0.2) is 0 Å². The van der Waals surface area contributed by atoms with Gasteiger partial charge in [-0.2, -0.15) is 0 Å². The topological polar surface area (TPSA) is 35.6 Å². The first-order chi connectivity index (χ1) is 11.0. The molecule has 128 valence electrons. The molecular formula is C19H31N3O. The highest BCUT2D eigenvalue weighted by atomic mass is 16.2. The lowest BCUT2D eigenvalue weighted by molar-refractivity contribution is -0.129. The molecule has 1 aromatic rings. The van der Waals surface area contributed by atoms with E-state index < -0.39 is 0 Å². The van der Waals surface area contributed by atoms with E-state index in [0.717, 1.165) is 6.54 Å². The summed E-state index contributed by atoms with van der Waals surface area (Å²) in [5.41, 5.74) is 2.36. The largest absolute Gasteiger partial charge is 0.382 e. The van der Waals surface area contributed by atoms with E-state index in [1.165, 1.54) is 37.2 Å². The molecule has 1 fully saturated rings. The maximum Gasteiger partial charge on any atom is 0.219 e. The van der Waals surface area contributed by atoms with Gasteiger partial charge >= 0.3 is 0 Å². The van der Waals surface area contributed by atoms with Crippen molar-refractivity contribution in [2.45, 2.75) is 59.2 Å². The number of rotatable bonds is 6. The Morgan fingerprint density at radius 2 is 2.04 bits per heavy atom. The number of piperidine rings is 1. The van der Waals surface area contributed by atoms with Crippen molar-refractivity contribution in [1.82, 2.24) is 9.80 Å². The predicted molar refractivity (Wildman–Crippen MR) is 96.6 cm³/mol. The second-order valence-corrected chi connectivity index (χ2v) is 6.78. The Kier molecular flexibility index (Phi) is 6.46. The summed E-state index contributed by atoms with van der Waals surface area (Å²) in [4.78, 5) is 16.0. The molecule has 0 saturated carbocycles. The van der Waals surface area contributed by atoms with Gasteiger partial charge in [0.2, 0.25) is 5.91 Å². The lowest BCUT2D eigenvalue weighted by Gasteiger charge is -2.35. The molecule has 23 heavy (non-hydrogen) atoms. The van der Waals surface area contributed by atoms with E-state index in [-0.39, 0.29) is 5.91 Å². The molecule has 0 aliphatic carbocycles. The summed E-state index contributed by atoms with van der Waals surface area (Å²) in [6.45, 7) is 12.0. The fourth-order valence-electron chi connectivity index (χ4n) is 3.22. The molecule has 0 spiro atoms. The van der Waals surface area contributed by atoms with Crippen LogP contribution >= 0.6 is 0 Å². The van der Waals surface area contributed by atoms with E-state index >= 15 is 0 Å². The first-order valence-electron chi connectivity index (χ1n) is 8.84. The van der Waals surface area contributed by atoms with E-state index in [9.17, 15) is 4.79 Å². The third kappa shape index (κ3) is 5.24. The van der Waals surface area contributed by atoms with Gasteiger partial charge in [0, 0.05) is 50.9 Å². The zero-order valence-corrected chi connectivity index (χ0v) is 15.0. The summed E-state index contributed by atoms with van der Waals surface area (Å²) < 4.78 is 0. The maximum atomic E-state index is 11.6. The minimum absolute atomic E-state index is 0.131. The number of nitrogens with one attached hydrogen (secondary N) is 1. The minimum atomic E-state index is 0.131. The third-order valence-corrected chi connectivity index (χ3v) is 4.76. The zero-order valence-electron chi connectivity index (χ0n) is 15.0. The van der Waals surface area contributed by atoms with Crippen molar-refractivity contribution in [3.05, 3.63) is 29.8 Å². The SMILES string of the molecule is CCN(Cc1cccc(NC2CCN(C(C)C)CC2)c1)C(C)=O. The smallest absolute Gasteiger partial charge is 0.219 e. The highest BCUT2D eigenvalue weighted by molar-refractivity contribution is 5.73. The number of anilines is 1. The Morgan fingerprint density at radius 3 is 2.61 bits per heavy atom. The molecule has 4 heteroatoms. The van der Waals surface area contributed by atoms with Crippen LogP contribution < -0.4 is 5.32 Å². The monoisotopic (exact) mass is 317 g/mol. The zero-order chi connectivity index (χ0) is 16.8. The van der Waals surface area contributed by atoms with Gasteiger partial charge in [-0.15, -0.1) is 0 Å². The van der Waals surface area contributed by atoms with Crippen molar-refractivity contribution in [3.8, 4) is 0 Å². The van der Waals surface area contributed by atoms with Gasteiger partial charge in [0.25, 0.3) is 0 Å². The number of carbonyl (C=O) groups is 1. The van der Waals surface area contributed by atoms with Crippen LogP contribution in [-0.4, -0.2) is 47.4 Å². The van der Waals surface area contributed by atoms with Gasteiger partial charge < -0.3 is 15.1 Å². The van der Waals surface area contributed by atoms with Crippen molar-refractivity contribution >= 4 is 11.6 Å². The quantitative estimate of drug-likeness (QED) is 0.874. The lowest BCUT2D eigenvalue weighted by Crippen LogP contribution is -2.42. The summed E-state index contributed by atoms with van der Waals surface area (Å²) in [6, 6.07) is 9.68. The summed E-state index contributed by atoms with van der Waals surface area (Å²) in [5, 5.41) is 3.67. The fourth-order valence-corrected chi connectivity index (χ4v) is 3.22. The fraction of sp³-hybridized carbons (Fsp3) is 0.632. The van der Waals surface area contributed by atoms with Gasteiger partial charge in [-0.3, -0.25) is 4.79 Å². The molecule has 4 nitrogen and oxygen atoms in total. The minimum Gasteiger partial charge on any atom is -0.382 e. The number of carbonyl (C=O) groups excluding carboxylic acids is 1. The number of amides is 1. The second kappa shape index (κ2) is 8.34. The van der Waals surface area contributed by atoms with Crippen molar-refractivity contribution in [3.63, 3.8) is 0 Å². The average molecular weight is 317 g/mol. The Morgan fingerprint density at radius 1 is 1.35 bits per heavy atom. The first kappa shape index (κ1) is 17.8. The third-order valence-electron chi connectivity index (χ3n) is 4.76. The summed E-state index contributed by atoms with van der Waals surface area (Å²) >= 11 is 0. The van der Waals surface area contributed by atoms with Crippen LogP contribution in [0.2, 0.25) is 0 Å². The maximum absolute atomic E-state index is 11.6. The van der Waals surface area contributed by atoms with Crippen molar-refractivity contribution in [1.29, 1.82) is 0 Å². The Labute approximate surface area is 140 Å². The highest BCUT2D eigenvalue weighted by Gasteiger charge is 2.20. The van der Waals surface area contributed by atoms with Crippen LogP contribution in [0.1, 0.15) is 46.1 Å². The van der Waals surface area contributed by atoms with Crippen molar-refractivity contribution in [2.75, 3.05) is 25.0 Å². The Balaban J connectivity index is 1.92. The van der Waals surface area contributed by atoms with E-state index in [2.05, 4.69) is 48.3 Å². The Bertz CT molecular complexity index is 507. The highest BCUT2D eigenvalue weighted by Crippen LogP contribution is 2.19. The standard InChI is InChI=1S/C19H31N3O/c1-5-21(16(4)23)14-17-7-6-8-19(13-17)20-18-9-11-22(12-10-18)15(2)3/h6-8,13,15,18,20H,5,9-12,14H2,1-4H3. The van der Waals surface area contributed by atoms with E-state index in [1.54, 1.807) is 6.92 Å². The van der Waals surface area contributed by atoms with Gasteiger partial charge in [-0.25, -0.2) is 0 Å². The number of likely N-dealkylation sites (tertiary alicyclic amines) is 1. The summed E-state index contributed by atoms with van der Waals surface area (Å²) in [5.74, 6) is 0.131. The van der Waals surface area contributed by atoms with Crippen LogP contribution in [-0.2, 0) is 11.3 Å². The molecule has 1 aliphatic heterocycles. The van der Waals surface area contributed by atoms with E-state index in [0.29, 0.717) is 18.6 Å². The molecular weight excluding hydrogens is 286 g/mol. The predicted octanol–water partition coefficient (Wildman–Crippen LogP) is 3.34. The molecule has 1 heterocycles. The first-order valence-corrected chi connectivity index (χ1v) is 8.84. The van der Waals surface area contributed by atoms with Gasteiger partial charge in [0.05, 0.1) is 0 Å². The van der Waals surface area contributed by atoms with E-state index in [4.69, 9.17) is 0 Å². The number of nitrogens with zero attached hydrogens (tertiary/aromatic N) is 2. The number of hydrogen-bond acceptors (Lipinski definition) is 3. The molecule has 0 aromatic heterocycles. The van der Waals surface area contributed by atoms with Crippen LogP contribution in [0.25, 0.3) is 0 Å². The molecule has 0 unspecified atom stereocenters. The van der Waals surface area contributed by atoms with Gasteiger partial charge in [0.1, 0.15) is 0 Å². The van der Waals surface area contributed by atoms with Crippen LogP contribution in [0.15, 0.2) is 24.3 Å². The van der Waals surface area contributed by atoms with Gasteiger partial charge in [-0.1, -0.05) is 12.1 Å². The Hall–Kier alpha value is -1.55. The molecule has 0 radical (unpaired) electrons. The lowest BCUT2D eigenvalue weighted by atomic mass is 10.0. The second-order valence-electron chi connectivity index (χ2n) is 6.78. The molecule has 1 aliphatic rings. The molecule has 0 atom stereocenters. The molecule has 1 saturated heterocycles. The van der Waals surface area contributed by atoms with Crippen molar-refractivity contribution < 1.29 is 4.79 Å². The molecule has 2 rings (SSSR count). The van der Waals surface area contributed by atoms with Crippen molar-refractivity contribution in [2.24, 2.45) is 0 Å². The van der Waals surface area contributed by atoms with Crippen LogP contribution in [0.5, 0.6) is 0 Å². The van der Waals surface area contributed by atoms with E-state index in [1.807, 2.05) is 11.8 Å². The number of benzene rings is 1. The molecule has 1 aromatic carbocycles. The van der Waals surface area contributed by atoms with Crippen LogP contribution in [0.3, 0.4) is 0 Å². The van der Waals surface area contributed by atoms with Crippen LogP contribution in [0.4, 0.5) is 5.69 Å². The average Bonchev–Trinajstić information content (AvgIpc) is 2.53. The number of hydrogen-bond donors (Lipinski definition) is 1. The molecule has 0 bridgehead atoms. The van der Waals surface area contributed by atoms with Crippen LogP contribution in [0, 0.1) is 0 Å². The van der Waals surface area contributed by atoms with Gasteiger partial charge in [-0.05, 0) is 51.3 Å².